The molecular formula is C12H13BrO3. The molecule has 1 aromatic carbocycles. The Labute approximate surface area is 103 Å². The van der Waals surface area contributed by atoms with Gasteiger partial charge in [0.2, 0.25) is 0 Å². The summed E-state index contributed by atoms with van der Waals surface area (Å²) in [5.41, 5.74) is 0.595. The third kappa shape index (κ3) is 3.45. The van der Waals surface area contributed by atoms with Crippen molar-refractivity contribution in [2.24, 2.45) is 0 Å². The van der Waals surface area contributed by atoms with Crippen LogP contribution in [0.2, 0.25) is 0 Å². The average molecular weight is 285 g/mol. The van der Waals surface area contributed by atoms with Crippen LogP contribution < -0.4 is 4.74 Å². The monoisotopic (exact) mass is 284 g/mol. The van der Waals surface area contributed by atoms with E-state index in [1.165, 1.54) is 6.92 Å². The second kappa shape index (κ2) is 4.78. The number of hydrogen-bond donors (Lipinski definition) is 0. The van der Waals surface area contributed by atoms with Gasteiger partial charge in [-0.2, -0.15) is 0 Å². The van der Waals surface area contributed by atoms with Gasteiger partial charge in [-0.05, 0) is 45.0 Å². The number of halogens is 1. The van der Waals surface area contributed by atoms with Crippen molar-refractivity contribution in [3.63, 3.8) is 0 Å². The maximum atomic E-state index is 11.5. The Hall–Kier alpha value is -1.16. The van der Waals surface area contributed by atoms with Crippen LogP contribution in [0, 0.1) is 0 Å². The summed E-state index contributed by atoms with van der Waals surface area (Å²) in [6, 6.07) is 6.47. The Morgan fingerprint density at radius 2 is 1.69 bits per heavy atom. The first-order valence-electron chi connectivity index (χ1n) is 4.83. The minimum absolute atomic E-state index is 0.0151. The van der Waals surface area contributed by atoms with Crippen LogP contribution in [0.4, 0.5) is 0 Å². The molecule has 0 atom stereocenters. The first-order valence-corrected chi connectivity index (χ1v) is 5.62. The number of ketones is 1. The van der Waals surface area contributed by atoms with Crippen LogP contribution in [0.3, 0.4) is 0 Å². The number of esters is 1. The summed E-state index contributed by atoms with van der Waals surface area (Å²) >= 11 is 3.21. The average Bonchev–Trinajstić information content (AvgIpc) is 2.17. The van der Waals surface area contributed by atoms with E-state index in [2.05, 4.69) is 15.9 Å². The molecule has 16 heavy (non-hydrogen) atoms. The molecule has 1 rings (SSSR count). The molecule has 0 aliphatic rings. The Bertz CT molecular complexity index is 401. The van der Waals surface area contributed by atoms with Crippen molar-refractivity contribution >= 4 is 27.7 Å². The van der Waals surface area contributed by atoms with Gasteiger partial charge in [-0.1, -0.05) is 15.9 Å². The molecule has 0 radical (unpaired) electrons. The Morgan fingerprint density at radius 3 is 2.06 bits per heavy atom. The van der Waals surface area contributed by atoms with Crippen molar-refractivity contribution < 1.29 is 14.3 Å². The van der Waals surface area contributed by atoms with Crippen molar-refractivity contribution in [3.8, 4) is 5.75 Å². The smallest absolute Gasteiger partial charge is 0.327 e. The first-order chi connectivity index (χ1) is 7.30. The normalized spacial score (nSPS) is 11.0. The SMILES string of the molecule is CC(=O)c1ccc(OC(=O)C(C)(C)Br)cc1. The van der Waals surface area contributed by atoms with Crippen LogP contribution in [0.5, 0.6) is 5.75 Å². The van der Waals surface area contributed by atoms with Crippen molar-refractivity contribution in [1.29, 1.82) is 0 Å². The second-order valence-electron chi connectivity index (χ2n) is 3.94. The summed E-state index contributed by atoms with van der Waals surface area (Å²) in [5, 5.41) is 0. The lowest BCUT2D eigenvalue weighted by molar-refractivity contribution is -0.136. The zero-order valence-electron chi connectivity index (χ0n) is 9.41. The van der Waals surface area contributed by atoms with Crippen LogP contribution in [-0.4, -0.2) is 16.1 Å². The highest BCUT2D eigenvalue weighted by atomic mass is 79.9. The van der Waals surface area contributed by atoms with Gasteiger partial charge >= 0.3 is 5.97 Å². The predicted molar refractivity (Wildman–Crippen MR) is 65.1 cm³/mol. The van der Waals surface area contributed by atoms with E-state index in [-0.39, 0.29) is 11.8 Å². The van der Waals surface area contributed by atoms with E-state index in [4.69, 9.17) is 4.74 Å². The topological polar surface area (TPSA) is 43.4 Å². The molecule has 0 unspecified atom stereocenters. The number of benzene rings is 1. The first kappa shape index (κ1) is 12.9. The highest BCUT2D eigenvalue weighted by Crippen LogP contribution is 2.20. The number of rotatable bonds is 3. The molecule has 0 aliphatic heterocycles. The van der Waals surface area contributed by atoms with Crippen molar-refractivity contribution in [2.75, 3.05) is 0 Å². The lowest BCUT2D eigenvalue weighted by atomic mass is 10.1. The molecule has 0 aliphatic carbocycles. The molecule has 0 saturated carbocycles. The highest BCUT2D eigenvalue weighted by Gasteiger charge is 2.25. The van der Waals surface area contributed by atoms with Gasteiger partial charge in [0.1, 0.15) is 10.1 Å². The largest absolute Gasteiger partial charge is 0.426 e. The summed E-state index contributed by atoms with van der Waals surface area (Å²) in [6.07, 6.45) is 0. The molecule has 0 aromatic heterocycles. The van der Waals surface area contributed by atoms with Crippen LogP contribution >= 0.6 is 15.9 Å². The van der Waals surface area contributed by atoms with Gasteiger partial charge in [0, 0.05) is 5.56 Å². The highest BCUT2D eigenvalue weighted by molar-refractivity contribution is 9.10. The van der Waals surface area contributed by atoms with Gasteiger partial charge < -0.3 is 4.74 Å². The predicted octanol–water partition coefficient (Wildman–Crippen LogP) is 2.97. The molecule has 0 amide bonds. The summed E-state index contributed by atoms with van der Waals surface area (Å²) in [6.45, 7) is 4.90. The molecule has 0 bridgehead atoms. The molecular weight excluding hydrogens is 272 g/mol. The van der Waals surface area contributed by atoms with E-state index in [0.717, 1.165) is 0 Å². The van der Waals surface area contributed by atoms with Gasteiger partial charge in [0.15, 0.2) is 5.78 Å². The molecule has 3 nitrogen and oxygen atoms in total. The van der Waals surface area contributed by atoms with E-state index in [1.807, 2.05) is 0 Å². The lowest BCUT2D eigenvalue weighted by Gasteiger charge is -2.14. The van der Waals surface area contributed by atoms with E-state index in [0.29, 0.717) is 11.3 Å². The number of carbonyl (C=O) groups is 2. The van der Waals surface area contributed by atoms with Gasteiger partial charge in [-0.3, -0.25) is 9.59 Å². The molecule has 1 aromatic rings. The summed E-state index contributed by atoms with van der Waals surface area (Å²) in [7, 11) is 0. The third-order valence-corrected chi connectivity index (χ3v) is 2.28. The maximum Gasteiger partial charge on any atom is 0.327 e. The quantitative estimate of drug-likeness (QED) is 0.371. The molecule has 4 heteroatoms. The standard InChI is InChI=1S/C12H13BrO3/c1-8(14)9-4-6-10(7-5-9)16-11(15)12(2,3)13/h4-7H,1-3H3. The fourth-order valence-corrected chi connectivity index (χ4v) is 1.07. The molecule has 0 heterocycles. The van der Waals surface area contributed by atoms with Gasteiger partial charge in [0.25, 0.3) is 0 Å². The summed E-state index contributed by atoms with van der Waals surface area (Å²) in [5.74, 6) is 0.0456. The minimum atomic E-state index is -0.716. The summed E-state index contributed by atoms with van der Waals surface area (Å²) < 4.78 is 4.40. The minimum Gasteiger partial charge on any atom is -0.426 e. The third-order valence-electron chi connectivity index (χ3n) is 1.96. The summed E-state index contributed by atoms with van der Waals surface area (Å²) in [4.78, 5) is 22.5. The van der Waals surface area contributed by atoms with E-state index in [9.17, 15) is 9.59 Å². The van der Waals surface area contributed by atoms with Gasteiger partial charge in [-0.25, -0.2) is 0 Å². The Kier molecular flexibility index (Phi) is 3.86. The van der Waals surface area contributed by atoms with Crippen LogP contribution in [0.1, 0.15) is 31.1 Å². The number of Topliss-reactive ketones (excluding diaryl/α,β-unsaturated/α-hetero) is 1. The molecule has 0 N–H and O–H groups in total. The second-order valence-corrected chi connectivity index (χ2v) is 5.93. The Morgan fingerprint density at radius 1 is 1.19 bits per heavy atom. The van der Waals surface area contributed by atoms with Crippen LogP contribution in [0.15, 0.2) is 24.3 Å². The fourth-order valence-electron chi connectivity index (χ4n) is 0.986. The number of hydrogen-bond acceptors (Lipinski definition) is 3. The number of alkyl halides is 1. The van der Waals surface area contributed by atoms with Crippen LogP contribution in [-0.2, 0) is 4.79 Å². The zero-order valence-corrected chi connectivity index (χ0v) is 11.0. The van der Waals surface area contributed by atoms with Crippen LogP contribution in [0.25, 0.3) is 0 Å². The van der Waals surface area contributed by atoms with E-state index in [1.54, 1.807) is 38.1 Å². The Balaban J connectivity index is 2.77. The van der Waals surface area contributed by atoms with E-state index >= 15 is 0 Å². The molecule has 86 valence electrons. The van der Waals surface area contributed by atoms with Crippen molar-refractivity contribution in [3.05, 3.63) is 29.8 Å². The van der Waals surface area contributed by atoms with Crippen molar-refractivity contribution in [1.82, 2.24) is 0 Å². The number of carbonyl (C=O) groups excluding carboxylic acids is 2. The fraction of sp³-hybridized carbons (Fsp3) is 0.333. The molecule has 0 spiro atoms. The lowest BCUT2D eigenvalue weighted by Crippen LogP contribution is -2.29. The maximum absolute atomic E-state index is 11.5. The molecule has 0 saturated heterocycles. The number of ether oxygens (including phenoxy) is 1. The van der Waals surface area contributed by atoms with E-state index < -0.39 is 4.32 Å². The zero-order chi connectivity index (χ0) is 12.3. The van der Waals surface area contributed by atoms with Crippen molar-refractivity contribution in [2.45, 2.75) is 25.1 Å². The van der Waals surface area contributed by atoms with Gasteiger partial charge in [-0.15, -0.1) is 0 Å². The van der Waals surface area contributed by atoms with Gasteiger partial charge in [0.05, 0.1) is 0 Å². The molecule has 0 fully saturated rings.